The van der Waals surface area contributed by atoms with Gasteiger partial charge in [0.25, 0.3) is 0 Å². The SMILES string of the molecule is CCCNC(COc1ccc(OCC)cc1)C(=O)O. The Balaban J connectivity index is 2.46. The van der Waals surface area contributed by atoms with Crippen molar-refractivity contribution in [2.75, 3.05) is 19.8 Å². The molecule has 1 atom stereocenters. The predicted octanol–water partition coefficient (Wildman–Crippen LogP) is 1.92. The summed E-state index contributed by atoms with van der Waals surface area (Å²) in [7, 11) is 0. The Morgan fingerprint density at radius 3 is 2.26 bits per heavy atom. The van der Waals surface area contributed by atoms with Crippen LogP contribution in [0.1, 0.15) is 20.3 Å². The first kappa shape index (κ1) is 15.3. The maximum absolute atomic E-state index is 11.0. The van der Waals surface area contributed by atoms with Gasteiger partial charge in [0.2, 0.25) is 0 Å². The molecule has 1 aromatic carbocycles. The van der Waals surface area contributed by atoms with Crippen LogP contribution in [0.4, 0.5) is 0 Å². The summed E-state index contributed by atoms with van der Waals surface area (Å²) in [4.78, 5) is 11.0. The molecule has 0 aromatic heterocycles. The van der Waals surface area contributed by atoms with E-state index in [0.717, 1.165) is 12.2 Å². The number of carboxylic acids is 1. The van der Waals surface area contributed by atoms with E-state index in [1.54, 1.807) is 24.3 Å². The highest BCUT2D eigenvalue weighted by Gasteiger charge is 2.16. The number of ether oxygens (including phenoxy) is 2. The average Bonchev–Trinajstić information content (AvgIpc) is 2.40. The standard InChI is InChI=1S/C14H21NO4/c1-3-9-15-13(14(16)17)10-19-12-7-5-11(6-8-12)18-4-2/h5-8,13,15H,3-4,9-10H2,1-2H3,(H,16,17). The first-order valence-electron chi connectivity index (χ1n) is 6.49. The number of hydrogen-bond donors (Lipinski definition) is 2. The molecule has 1 rings (SSSR count). The Kier molecular flexibility index (Phi) is 6.74. The van der Waals surface area contributed by atoms with Gasteiger partial charge in [0.15, 0.2) is 0 Å². The van der Waals surface area contributed by atoms with Gasteiger partial charge < -0.3 is 19.9 Å². The summed E-state index contributed by atoms with van der Waals surface area (Å²) < 4.78 is 10.8. The Bertz CT molecular complexity index is 378. The van der Waals surface area contributed by atoms with Crippen LogP contribution >= 0.6 is 0 Å². The summed E-state index contributed by atoms with van der Waals surface area (Å²) in [6.07, 6.45) is 0.882. The highest BCUT2D eigenvalue weighted by atomic mass is 16.5. The Morgan fingerprint density at radius 1 is 1.21 bits per heavy atom. The van der Waals surface area contributed by atoms with E-state index in [1.807, 2.05) is 13.8 Å². The minimum atomic E-state index is -0.903. The number of nitrogens with one attached hydrogen (secondary N) is 1. The molecule has 0 aliphatic rings. The number of rotatable bonds is 9. The van der Waals surface area contributed by atoms with Gasteiger partial charge in [0.1, 0.15) is 24.1 Å². The van der Waals surface area contributed by atoms with Gasteiger partial charge in [-0.15, -0.1) is 0 Å². The van der Waals surface area contributed by atoms with E-state index in [0.29, 0.717) is 18.9 Å². The van der Waals surface area contributed by atoms with Crippen LogP contribution in [0.25, 0.3) is 0 Å². The van der Waals surface area contributed by atoms with E-state index in [4.69, 9.17) is 14.6 Å². The van der Waals surface area contributed by atoms with E-state index in [-0.39, 0.29) is 6.61 Å². The molecule has 19 heavy (non-hydrogen) atoms. The minimum absolute atomic E-state index is 0.101. The number of carbonyl (C=O) groups is 1. The summed E-state index contributed by atoms with van der Waals surface area (Å²) in [6, 6.07) is 6.45. The van der Waals surface area contributed by atoms with Crippen LogP contribution in [0, 0.1) is 0 Å². The predicted molar refractivity (Wildman–Crippen MR) is 72.8 cm³/mol. The van der Waals surface area contributed by atoms with E-state index in [1.165, 1.54) is 0 Å². The van der Waals surface area contributed by atoms with E-state index in [2.05, 4.69) is 5.32 Å². The molecule has 106 valence electrons. The first-order valence-corrected chi connectivity index (χ1v) is 6.49. The van der Waals surface area contributed by atoms with Crippen LogP contribution in [0.15, 0.2) is 24.3 Å². The smallest absolute Gasteiger partial charge is 0.324 e. The van der Waals surface area contributed by atoms with Crippen molar-refractivity contribution in [1.82, 2.24) is 5.32 Å². The molecular formula is C14H21NO4. The van der Waals surface area contributed by atoms with Crippen molar-refractivity contribution in [2.45, 2.75) is 26.3 Å². The molecule has 1 unspecified atom stereocenters. The lowest BCUT2D eigenvalue weighted by atomic mass is 10.3. The van der Waals surface area contributed by atoms with Gasteiger partial charge in [-0.3, -0.25) is 4.79 Å². The molecule has 0 aliphatic carbocycles. The Morgan fingerprint density at radius 2 is 1.79 bits per heavy atom. The third-order valence-corrected chi connectivity index (χ3v) is 2.49. The van der Waals surface area contributed by atoms with Crippen molar-refractivity contribution in [2.24, 2.45) is 0 Å². The number of hydrogen-bond acceptors (Lipinski definition) is 4. The molecule has 0 heterocycles. The molecule has 0 saturated heterocycles. The quantitative estimate of drug-likeness (QED) is 0.715. The maximum atomic E-state index is 11.0. The molecule has 0 amide bonds. The van der Waals surface area contributed by atoms with Gasteiger partial charge >= 0.3 is 5.97 Å². The highest BCUT2D eigenvalue weighted by molar-refractivity contribution is 5.73. The Hall–Kier alpha value is -1.75. The van der Waals surface area contributed by atoms with Gasteiger partial charge in [-0.25, -0.2) is 0 Å². The fraction of sp³-hybridized carbons (Fsp3) is 0.500. The lowest BCUT2D eigenvalue weighted by molar-refractivity contribution is -0.140. The van der Waals surface area contributed by atoms with Gasteiger partial charge in [-0.2, -0.15) is 0 Å². The third kappa shape index (κ3) is 5.61. The second-order valence-electron chi connectivity index (χ2n) is 4.06. The zero-order valence-electron chi connectivity index (χ0n) is 11.4. The Labute approximate surface area is 113 Å². The topological polar surface area (TPSA) is 67.8 Å². The molecule has 0 bridgehead atoms. The van der Waals surface area contributed by atoms with Crippen molar-refractivity contribution in [3.8, 4) is 11.5 Å². The van der Waals surface area contributed by atoms with Crippen LogP contribution in [-0.2, 0) is 4.79 Å². The molecular weight excluding hydrogens is 246 g/mol. The molecule has 5 heteroatoms. The molecule has 0 radical (unpaired) electrons. The van der Waals surface area contributed by atoms with Gasteiger partial charge in [-0.1, -0.05) is 6.92 Å². The van der Waals surface area contributed by atoms with Crippen molar-refractivity contribution in [3.63, 3.8) is 0 Å². The first-order chi connectivity index (χ1) is 9.17. The van der Waals surface area contributed by atoms with Crippen LogP contribution in [0.3, 0.4) is 0 Å². The van der Waals surface area contributed by atoms with Gasteiger partial charge in [0, 0.05) is 0 Å². The van der Waals surface area contributed by atoms with E-state index in [9.17, 15) is 4.79 Å². The molecule has 0 saturated carbocycles. The molecule has 2 N–H and O–H groups in total. The largest absolute Gasteiger partial charge is 0.494 e. The number of benzene rings is 1. The van der Waals surface area contributed by atoms with E-state index >= 15 is 0 Å². The highest BCUT2D eigenvalue weighted by Crippen LogP contribution is 2.17. The maximum Gasteiger partial charge on any atom is 0.324 e. The second kappa shape index (κ2) is 8.37. The van der Waals surface area contributed by atoms with Gasteiger partial charge in [0.05, 0.1) is 6.61 Å². The number of aliphatic carboxylic acids is 1. The molecule has 1 aromatic rings. The van der Waals surface area contributed by atoms with Crippen molar-refractivity contribution >= 4 is 5.97 Å². The summed E-state index contributed by atoms with van der Waals surface area (Å²) in [5.41, 5.74) is 0. The summed E-state index contributed by atoms with van der Waals surface area (Å²) >= 11 is 0. The van der Waals surface area contributed by atoms with E-state index < -0.39 is 12.0 Å². The lowest BCUT2D eigenvalue weighted by Gasteiger charge is -2.15. The number of carboxylic acid groups (broad SMARTS) is 1. The third-order valence-electron chi connectivity index (χ3n) is 2.49. The van der Waals surface area contributed by atoms with Crippen LogP contribution in [0.2, 0.25) is 0 Å². The summed E-state index contributed by atoms with van der Waals surface area (Å²) in [5.74, 6) is 0.501. The van der Waals surface area contributed by atoms with Crippen molar-refractivity contribution < 1.29 is 19.4 Å². The van der Waals surface area contributed by atoms with Crippen molar-refractivity contribution in [3.05, 3.63) is 24.3 Å². The lowest BCUT2D eigenvalue weighted by Crippen LogP contribution is -2.41. The summed E-state index contributed by atoms with van der Waals surface area (Å²) in [5, 5.41) is 12.0. The summed E-state index contributed by atoms with van der Waals surface area (Å²) in [6.45, 7) is 5.27. The van der Waals surface area contributed by atoms with Gasteiger partial charge in [-0.05, 0) is 44.2 Å². The van der Waals surface area contributed by atoms with Crippen LogP contribution in [-0.4, -0.2) is 36.9 Å². The fourth-order valence-electron chi connectivity index (χ4n) is 1.51. The molecule has 0 spiro atoms. The monoisotopic (exact) mass is 267 g/mol. The van der Waals surface area contributed by atoms with Crippen molar-refractivity contribution in [1.29, 1.82) is 0 Å². The van der Waals surface area contributed by atoms with Crippen LogP contribution in [0.5, 0.6) is 11.5 Å². The molecule has 0 fully saturated rings. The normalized spacial score (nSPS) is 11.9. The zero-order chi connectivity index (χ0) is 14.1. The van der Waals surface area contributed by atoms with Crippen LogP contribution < -0.4 is 14.8 Å². The molecule has 5 nitrogen and oxygen atoms in total. The second-order valence-corrected chi connectivity index (χ2v) is 4.06. The minimum Gasteiger partial charge on any atom is -0.494 e. The fourth-order valence-corrected chi connectivity index (χ4v) is 1.51. The average molecular weight is 267 g/mol. The molecule has 0 aliphatic heterocycles. The zero-order valence-corrected chi connectivity index (χ0v) is 11.4.